The van der Waals surface area contributed by atoms with Gasteiger partial charge in [-0.25, -0.2) is 0 Å². The molecule has 0 radical (unpaired) electrons. The van der Waals surface area contributed by atoms with Crippen molar-refractivity contribution in [1.82, 2.24) is 0 Å². The third-order valence-electron chi connectivity index (χ3n) is 9.30. The lowest BCUT2D eigenvalue weighted by molar-refractivity contribution is 0.00578. The lowest BCUT2D eigenvalue weighted by Crippen LogP contribution is -2.41. The van der Waals surface area contributed by atoms with Gasteiger partial charge in [0.2, 0.25) is 0 Å². The van der Waals surface area contributed by atoms with Crippen LogP contribution >= 0.6 is 54.5 Å². The molecule has 1 aliphatic rings. The van der Waals surface area contributed by atoms with Crippen LogP contribution in [0.4, 0.5) is 0 Å². The molecule has 9 rings (SSSR count). The van der Waals surface area contributed by atoms with Gasteiger partial charge in [0.05, 0.1) is 11.2 Å². The second-order valence-electron chi connectivity index (χ2n) is 13.1. The fraction of sp³-hybridized carbons (Fsp3) is 0.143. The van der Waals surface area contributed by atoms with Crippen molar-refractivity contribution in [2.45, 2.75) is 38.9 Å². The first kappa shape index (κ1) is 35.0. The molecule has 0 amide bonds. The van der Waals surface area contributed by atoms with Gasteiger partial charge in [-0.1, -0.05) is 105 Å². The van der Waals surface area contributed by atoms with Crippen LogP contribution in [0.2, 0.25) is 0 Å². The predicted molar refractivity (Wildman–Crippen MR) is 223 cm³/mol. The van der Waals surface area contributed by atoms with E-state index in [1.807, 2.05) is 66.7 Å². The molecule has 2 aromatic heterocycles. The van der Waals surface area contributed by atoms with E-state index in [0.29, 0.717) is 0 Å². The minimum absolute atomic E-state index is 0.348. The number of para-hydroxylation sites is 2. The summed E-state index contributed by atoms with van der Waals surface area (Å²) in [5, 5.41) is 4.53. The van der Waals surface area contributed by atoms with Crippen molar-refractivity contribution < 1.29 is 18.1 Å². The third-order valence-corrected chi connectivity index (χ3v) is 11.1. The lowest BCUT2D eigenvalue weighted by atomic mass is 9.76. The van der Waals surface area contributed by atoms with Gasteiger partial charge in [-0.2, -0.15) is 0 Å². The van der Waals surface area contributed by atoms with Crippen molar-refractivity contribution in [2.75, 3.05) is 0 Å². The normalized spacial score (nSPS) is 14.8. The van der Waals surface area contributed by atoms with Crippen LogP contribution in [0.5, 0.6) is 0 Å². The van der Waals surface area contributed by atoms with E-state index in [4.69, 9.17) is 18.1 Å². The Morgan fingerprint density at radius 2 is 0.960 bits per heavy atom. The highest BCUT2D eigenvalue weighted by atomic mass is 127. The van der Waals surface area contributed by atoms with Crippen LogP contribution in [-0.4, -0.2) is 18.3 Å². The molecule has 3 heterocycles. The Kier molecular flexibility index (Phi) is 10.0. The smallest absolute Gasteiger partial charge is 0.456 e. The molecule has 0 atom stereocenters. The Morgan fingerprint density at radius 3 is 1.52 bits per heavy atom. The fourth-order valence-corrected chi connectivity index (χ4v) is 6.93. The van der Waals surface area contributed by atoms with Crippen LogP contribution in [0, 0.1) is 3.57 Å². The van der Waals surface area contributed by atoms with Gasteiger partial charge in [-0.05, 0) is 128 Å². The highest BCUT2D eigenvalue weighted by molar-refractivity contribution is 14.1. The van der Waals surface area contributed by atoms with Gasteiger partial charge in [0, 0.05) is 34.1 Å². The highest BCUT2D eigenvalue weighted by Gasteiger charge is 2.52. The van der Waals surface area contributed by atoms with E-state index >= 15 is 0 Å². The average Bonchev–Trinajstić information content (AvgIpc) is 3.75. The summed E-state index contributed by atoms with van der Waals surface area (Å²) in [6.07, 6.45) is 0. The molecule has 0 unspecified atom stereocenters. The average molecular weight is 900 g/mol. The summed E-state index contributed by atoms with van der Waals surface area (Å²) in [4.78, 5) is 0. The van der Waals surface area contributed by atoms with E-state index < -0.39 is 0 Å². The molecule has 1 fully saturated rings. The van der Waals surface area contributed by atoms with E-state index in [1.54, 1.807) is 0 Å². The second kappa shape index (κ2) is 14.3. The van der Waals surface area contributed by atoms with Crippen LogP contribution in [0.3, 0.4) is 0 Å². The minimum atomic E-state index is -0.380. The summed E-state index contributed by atoms with van der Waals surface area (Å²) < 4.78 is 27.8. The lowest BCUT2D eigenvalue weighted by Gasteiger charge is -2.32. The van der Waals surface area contributed by atoms with Crippen molar-refractivity contribution in [2.24, 2.45) is 0 Å². The summed E-state index contributed by atoms with van der Waals surface area (Å²) in [5.74, 6) is 0. The Bertz CT molecular complexity index is 2390. The van der Waals surface area contributed by atoms with Crippen LogP contribution in [0.1, 0.15) is 27.7 Å². The van der Waals surface area contributed by atoms with Gasteiger partial charge >= 0.3 is 7.12 Å². The number of halogens is 3. The van der Waals surface area contributed by atoms with Gasteiger partial charge in [-0.15, -0.1) is 0 Å². The van der Waals surface area contributed by atoms with E-state index in [1.165, 1.54) is 25.5 Å². The number of hydrogen-bond acceptors (Lipinski definition) is 4. The van der Waals surface area contributed by atoms with Crippen LogP contribution in [-0.2, 0) is 9.31 Å². The van der Waals surface area contributed by atoms with Crippen molar-refractivity contribution in [3.8, 4) is 11.1 Å². The number of hydrogen-bond donors (Lipinski definition) is 0. The molecule has 8 aromatic rings. The molecule has 1 aliphatic heterocycles. The van der Waals surface area contributed by atoms with Crippen LogP contribution in [0.25, 0.3) is 55.0 Å². The van der Waals surface area contributed by atoms with Crippen molar-refractivity contribution in [1.29, 1.82) is 0 Å². The van der Waals surface area contributed by atoms with E-state index in [9.17, 15) is 0 Å². The summed E-state index contributed by atoms with van der Waals surface area (Å²) >= 11 is 9.10. The molecular weight excluding hydrogens is 866 g/mol. The van der Waals surface area contributed by atoms with E-state index in [-0.39, 0.29) is 18.3 Å². The summed E-state index contributed by atoms with van der Waals surface area (Å²) in [7, 11) is -0.380. The Morgan fingerprint density at radius 1 is 0.500 bits per heavy atom. The van der Waals surface area contributed by atoms with Crippen molar-refractivity contribution in [3.05, 3.63) is 146 Å². The van der Waals surface area contributed by atoms with Gasteiger partial charge in [0.1, 0.15) is 22.3 Å². The highest BCUT2D eigenvalue weighted by Crippen LogP contribution is 2.39. The molecule has 0 N–H and O–H groups in total. The quantitative estimate of drug-likeness (QED) is 0.128. The first-order chi connectivity index (χ1) is 24.0. The third kappa shape index (κ3) is 7.06. The maximum absolute atomic E-state index is 6.21. The zero-order chi connectivity index (χ0) is 35.0. The van der Waals surface area contributed by atoms with E-state index in [0.717, 1.165) is 47.5 Å². The minimum Gasteiger partial charge on any atom is -0.456 e. The number of furan rings is 2. The summed E-state index contributed by atoms with van der Waals surface area (Å²) in [6, 6.07) is 45.1. The molecule has 4 nitrogen and oxygen atoms in total. The Balaban J connectivity index is 0.000000129. The monoisotopic (exact) mass is 898 g/mol. The largest absolute Gasteiger partial charge is 0.495 e. The predicted octanol–water partition coefficient (Wildman–Crippen LogP) is 13.0. The zero-order valence-corrected chi connectivity index (χ0v) is 33.4. The molecule has 0 aliphatic carbocycles. The molecule has 250 valence electrons. The summed E-state index contributed by atoms with van der Waals surface area (Å²) in [5.41, 5.74) is 6.37. The number of rotatable bonds is 2. The maximum atomic E-state index is 6.21. The van der Waals surface area contributed by atoms with Crippen LogP contribution < -0.4 is 5.46 Å². The summed E-state index contributed by atoms with van der Waals surface area (Å²) in [6.45, 7) is 8.28. The second-order valence-corrected chi connectivity index (χ2v) is 16.2. The SMILES string of the molecule is Brc1ccc(-c2cccc3oc4ccccc4c23)cc1.Brc1ccc(I)cc1.CC1(C)OB(c2cccc3oc4ccccc4c23)OC1(C)C. The number of benzene rings is 6. The molecule has 8 heteroatoms. The Labute approximate surface area is 322 Å². The van der Waals surface area contributed by atoms with Gasteiger partial charge in [-0.3, -0.25) is 0 Å². The zero-order valence-electron chi connectivity index (χ0n) is 28.0. The molecule has 0 spiro atoms. The maximum Gasteiger partial charge on any atom is 0.495 e. The van der Waals surface area contributed by atoms with Crippen molar-refractivity contribution >= 4 is 111 Å². The van der Waals surface area contributed by atoms with Gasteiger partial charge < -0.3 is 18.1 Å². The van der Waals surface area contributed by atoms with Gasteiger partial charge in [0.25, 0.3) is 0 Å². The first-order valence-corrected chi connectivity index (χ1v) is 19.0. The number of fused-ring (bicyclic) bond motifs is 6. The molecular formula is C42H34BBr2IO4. The fourth-order valence-electron chi connectivity index (χ4n) is 6.04. The molecule has 6 aromatic carbocycles. The molecule has 0 bridgehead atoms. The van der Waals surface area contributed by atoms with Crippen molar-refractivity contribution in [3.63, 3.8) is 0 Å². The molecule has 50 heavy (non-hydrogen) atoms. The standard InChI is InChI=1S/C18H19BO3.C18H11BrO.C6H4BrI/c1-17(2)18(3,4)22-19(21-17)13-9-7-11-15-16(13)12-8-5-6-10-14(12)20-15;19-13-10-8-12(9-11-13)14-5-3-7-17-18(14)15-4-1-2-6-16(15)20-17;7-5-1-3-6(8)4-2-5/h5-11H,1-4H3;1-11H;1-4H. The van der Waals surface area contributed by atoms with Gasteiger partial charge in [0.15, 0.2) is 0 Å². The Hall–Kier alpha value is -3.41. The first-order valence-electron chi connectivity index (χ1n) is 16.3. The van der Waals surface area contributed by atoms with Crippen LogP contribution in [0.15, 0.2) is 151 Å². The molecule has 0 saturated carbocycles. The molecule has 1 saturated heterocycles. The van der Waals surface area contributed by atoms with E-state index in [2.05, 4.69) is 149 Å². The topological polar surface area (TPSA) is 44.7 Å².